The molecule has 2 aromatic rings. The van der Waals surface area contributed by atoms with Crippen LogP contribution in [0.4, 0.5) is 0 Å². The Labute approximate surface area is 167 Å². The first kappa shape index (κ1) is 19.0. The van der Waals surface area contributed by atoms with Gasteiger partial charge in [-0.05, 0) is 25.1 Å². The van der Waals surface area contributed by atoms with Crippen molar-refractivity contribution < 1.29 is 13.2 Å². The van der Waals surface area contributed by atoms with Crippen LogP contribution >= 0.6 is 11.8 Å². The van der Waals surface area contributed by atoms with E-state index >= 15 is 0 Å². The maximum Gasteiger partial charge on any atom is 0.282 e. The fraction of sp³-hybridized carbons (Fsp3) is 0.158. The van der Waals surface area contributed by atoms with Gasteiger partial charge in [0.05, 0.1) is 22.2 Å². The molecule has 1 aliphatic carbocycles. The minimum absolute atomic E-state index is 0.117. The van der Waals surface area contributed by atoms with E-state index in [0.29, 0.717) is 22.7 Å². The largest absolute Gasteiger partial charge is 0.288 e. The topological polar surface area (TPSA) is 99.7 Å². The molecule has 1 fully saturated rings. The van der Waals surface area contributed by atoms with E-state index in [1.165, 1.54) is 23.9 Å². The van der Waals surface area contributed by atoms with Gasteiger partial charge in [-0.2, -0.15) is 12.8 Å². The van der Waals surface area contributed by atoms with Gasteiger partial charge in [-0.3, -0.25) is 10.1 Å². The molecule has 2 aromatic carbocycles. The van der Waals surface area contributed by atoms with Crippen LogP contribution in [-0.2, 0) is 10.0 Å². The first-order chi connectivity index (χ1) is 13.4. The first-order valence-corrected chi connectivity index (χ1v) is 10.9. The zero-order valence-electron chi connectivity index (χ0n) is 15.0. The number of sulfonamides is 1. The molecule has 9 heteroatoms. The van der Waals surface area contributed by atoms with Crippen molar-refractivity contribution in [2.45, 2.75) is 17.3 Å². The lowest BCUT2D eigenvalue weighted by Gasteiger charge is -2.19. The number of rotatable bonds is 4. The highest BCUT2D eigenvalue weighted by Crippen LogP contribution is 2.31. The van der Waals surface area contributed by atoms with Crippen molar-refractivity contribution >= 4 is 33.3 Å². The van der Waals surface area contributed by atoms with Crippen LogP contribution in [0.1, 0.15) is 21.5 Å². The lowest BCUT2D eigenvalue weighted by atomic mass is 9.94. The maximum atomic E-state index is 12.9. The summed E-state index contributed by atoms with van der Waals surface area (Å²) in [5.41, 5.74) is 7.89. The van der Waals surface area contributed by atoms with Crippen LogP contribution < -0.4 is 16.2 Å². The smallest absolute Gasteiger partial charge is 0.282 e. The van der Waals surface area contributed by atoms with Crippen molar-refractivity contribution in [3.63, 3.8) is 0 Å². The zero-order chi connectivity index (χ0) is 19.7. The second kappa shape index (κ2) is 7.61. The van der Waals surface area contributed by atoms with Gasteiger partial charge in [0.1, 0.15) is 5.50 Å². The van der Waals surface area contributed by atoms with Crippen molar-refractivity contribution in [1.29, 1.82) is 0 Å². The standard InChI is InChI=1S/C19H18N4O3S2/c1-12-6-8-13(9-7-12)28(25,26)23-16-10-17(27-19-20-11-21-22-19)18(24)15-5-3-2-4-14(15)16/h2-10,19-22H,11H2,1H3/b23-16+. The number of benzene rings is 2. The molecule has 0 radical (unpaired) electrons. The summed E-state index contributed by atoms with van der Waals surface area (Å²) in [6.45, 7) is 2.45. The molecule has 28 heavy (non-hydrogen) atoms. The summed E-state index contributed by atoms with van der Waals surface area (Å²) in [6.07, 6.45) is 1.54. The number of nitrogens with one attached hydrogen (secondary N) is 3. The van der Waals surface area contributed by atoms with E-state index < -0.39 is 10.0 Å². The number of aryl methyl sites for hydroxylation is 1. The molecular weight excluding hydrogens is 396 g/mol. The van der Waals surface area contributed by atoms with Gasteiger partial charge in [0.15, 0.2) is 5.78 Å². The van der Waals surface area contributed by atoms with Gasteiger partial charge < -0.3 is 0 Å². The maximum absolute atomic E-state index is 12.9. The highest BCUT2D eigenvalue weighted by Gasteiger charge is 2.28. The fourth-order valence-electron chi connectivity index (χ4n) is 2.90. The third-order valence-electron chi connectivity index (χ3n) is 4.33. The van der Waals surface area contributed by atoms with Gasteiger partial charge in [0.2, 0.25) is 0 Å². The lowest BCUT2D eigenvalue weighted by molar-refractivity contribution is 0.104. The molecule has 1 heterocycles. The summed E-state index contributed by atoms with van der Waals surface area (Å²) < 4.78 is 29.7. The molecule has 0 saturated carbocycles. The molecule has 2 aliphatic rings. The Bertz CT molecular complexity index is 1090. The lowest BCUT2D eigenvalue weighted by Crippen LogP contribution is -2.31. The third-order valence-corrected chi connectivity index (χ3v) is 6.71. The highest BCUT2D eigenvalue weighted by molar-refractivity contribution is 8.04. The molecule has 0 bridgehead atoms. The van der Waals surface area contributed by atoms with E-state index in [1.54, 1.807) is 42.5 Å². The second-order valence-corrected chi connectivity index (χ2v) is 9.10. The first-order valence-electron chi connectivity index (χ1n) is 8.60. The van der Waals surface area contributed by atoms with Crippen LogP contribution in [0, 0.1) is 6.92 Å². The molecule has 1 atom stereocenters. The summed E-state index contributed by atoms with van der Waals surface area (Å²) in [7, 11) is -3.91. The van der Waals surface area contributed by atoms with Crippen LogP contribution in [0.25, 0.3) is 0 Å². The summed E-state index contributed by atoms with van der Waals surface area (Å²) >= 11 is 1.28. The van der Waals surface area contributed by atoms with E-state index in [4.69, 9.17) is 0 Å². The minimum atomic E-state index is -3.91. The molecular formula is C19H18N4O3S2. The van der Waals surface area contributed by atoms with Gasteiger partial charge in [0, 0.05) is 11.1 Å². The molecule has 0 aromatic heterocycles. The quantitative estimate of drug-likeness (QED) is 0.703. The van der Waals surface area contributed by atoms with E-state index in [2.05, 4.69) is 20.6 Å². The Morgan fingerprint density at radius 2 is 1.79 bits per heavy atom. The van der Waals surface area contributed by atoms with Crippen molar-refractivity contribution in [3.8, 4) is 0 Å². The predicted octanol–water partition coefficient (Wildman–Crippen LogP) is 1.92. The molecule has 1 unspecified atom stereocenters. The molecule has 1 saturated heterocycles. The number of fused-ring (bicyclic) bond motifs is 1. The van der Waals surface area contributed by atoms with E-state index in [0.717, 1.165) is 5.56 Å². The summed E-state index contributed by atoms with van der Waals surface area (Å²) in [6, 6.07) is 13.4. The number of carbonyl (C=O) groups is 1. The van der Waals surface area contributed by atoms with Crippen LogP contribution in [0.5, 0.6) is 0 Å². The van der Waals surface area contributed by atoms with Crippen molar-refractivity contribution in [3.05, 3.63) is 76.2 Å². The highest BCUT2D eigenvalue weighted by atomic mass is 32.2. The van der Waals surface area contributed by atoms with Crippen molar-refractivity contribution in [2.24, 2.45) is 4.40 Å². The predicted molar refractivity (Wildman–Crippen MR) is 109 cm³/mol. The molecule has 144 valence electrons. The number of Topliss-reactive ketones (excluding diaryl/α,β-unsaturated/α-hetero) is 1. The Morgan fingerprint density at radius 1 is 1.07 bits per heavy atom. The normalized spacial score (nSPS) is 20.9. The fourth-order valence-corrected chi connectivity index (χ4v) is 4.85. The van der Waals surface area contributed by atoms with Crippen LogP contribution in [0.3, 0.4) is 0 Å². The van der Waals surface area contributed by atoms with Gasteiger partial charge in [-0.25, -0.2) is 10.9 Å². The Balaban J connectivity index is 1.78. The molecule has 4 rings (SSSR count). The summed E-state index contributed by atoms with van der Waals surface area (Å²) in [5.74, 6) is -0.150. The van der Waals surface area contributed by atoms with Gasteiger partial charge >= 0.3 is 0 Å². The minimum Gasteiger partial charge on any atom is -0.288 e. The Kier molecular flexibility index (Phi) is 5.17. The Morgan fingerprint density at radius 3 is 2.46 bits per heavy atom. The number of hydrazine groups is 1. The second-order valence-electron chi connectivity index (χ2n) is 6.35. The van der Waals surface area contributed by atoms with Gasteiger partial charge in [-0.1, -0.05) is 53.7 Å². The number of allylic oxidation sites excluding steroid dienone is 2. The monoisotopic (exact) mass is 414 g/mol. The van der Waals surface area contributed by atoms with Gasteiger partial charge in [-0.15, -0.1) is 0 Å². The van der Waals surface area contributed by atoms with Crippen LogP contribution in [0.15, 0.2) is 68.8 Å². The number of thioether (sulfide) groups is 1. The number of ketones is 1. The van der Waals surface area contributed by atoms with E-state index in [-0.39, 0.29) is 21.9 Å². The average molecular weight is 415 g/mol. The Hall–Kier alpha value is -2.30. The summed E-state index contributed by atoms with van der Waals surface area (Å²) in [5, 5.41) is 3.13. The molecule has 1 aliphatic heterocycles. The summed E-state index contributed by atoms with van der Waals surface area (Å²) in [4.78, 5) is 13.4. The number of hydrogen-bond donors (Lipinski definition) is 3. The van der Waals surface area contributed by atoms with Crippen molar-refractivity contribution in [2.75, 3.05) is 6.67 Å². The third kappa shape index (κ3) is 3.80. The molecule has 7 nitrogen and oxygen atoms in total. The zero-order valence-corrected chi connectivity index (χ0v) is 16.6. The SMILES string of the molecule is Cc1ccc(S(=O)(=O)/N=C2\C=C(SC3NCNN3)C(=O)c3ccccc32)cc1. The van der Waals surface area contributed by atoms with E-state index in [1.807, 2.05) is 6.92 Å². The van der Waals surface area contributed by atoms with E-state index in [9.17, 15) is 13.2 Å². The van der Waals surface area contributed by atoms with Crippen LogP contribution in [-0.4, -0.2) is 32.1 Å². The number of carbonyl (C=O) groups excluding carboxylic acids is 1. The van der Waals surface area contributed by atoms with Crippen LogP contribution in [0.2, 0.25) is 0 Å². The molecule has 0 spiro atoms. The van der Waals surface area contributed by atoms with Crippen molar-refractivity contribution in [1.82, 2.24) is 16.2 Å². The molecule has 0 amide bonds. The number of hydrogen-bond acceptors (Lipinski definition) is 7. The number of nitrogens with zero attached hydrogens (tertiary/aromatic N) is 1. The average Bonchev–Trinajstić information content (AvgIpc) is 3.19. The molecule has 3 N–H and O–H groups in total. The van der Waals surface area contributed by atoms with Gasteiger partial charge in [0.25, 0.3) is 10.0 Å².